The molecule has 1 aliphatic heterocycles. The number of para-hydroxylation sites is 1. The van der Waals surface area contributed by atoms with Gasteiger partial charge in [0.25, 0.3) is 5.91 Å². The number of thiocarbonyl (C=S) groups is 1. The highest BCUT2D eigenvalue weighted by atomic mass is 32.1. The van der Waals surface area contributed by atoms with Crippen LogP contribution >= 0.6 is 12.2 Å². The lowest BCUT2D eigenvalue weighted by atomic mass is 9.95. The number of carbonyl (C=O) groups is 1. The van der Waals surface area contributed by atoms with Gasteiger partial charge in [0.15, 0.2) is 5.11 Å². The maximum absolute atomic E-state index is 13.0. The van der Waals surface area contributed by atoms with E-state index in [-0.39, 0.29) is 11.0 Å². The first kappa shape index (κ1) is 23.9. The molecule has 5 rings (SSSR count). The van der Waals surface area contributed by atoms with Crippen molar-refractivity contribution < 1.29 is 4.79 Å². The zero-order chi connectivity index (χ0) is 23.9. The van der Waals surface area contributed by atoms with Gasteiger partial charge in [0.05, 0.1) is 11.3 Å². The van der Waals surface area contributed by atoms with Crippen LogP contribution in [0.4, 0.5) is 5.69 Å². The van der Waals surface area contributed by atoms with Gasteiger partial charge in [0.2, 0.25) is 0 Å². The zero-order valence-corrected chi connectivity index (χ0v) is 20.4. The Bertz CT molecular complexity index is 1090. The van der Waals surface area contributed by atoms with Gasteiger partial charge in [0.1, 0.15) is 0 Å². The lowest BCUT2D eigenvalue weighted by molar-refractivity contribution is 0.0648. The monoisotopic (exact) mass is 472 g/mol. The molecule has 34 heavy (non-hydrogen) atoms. The van der Waals surface area contributed by atoms with Crippen molar-refractivity contribution in [3.8, 4) is 11.1 Å². The van der Waals surface area contributed by atoms with Crippen LogP contribution in [0, 0.1) is 0 Å². The van der Waals surface area contributed by atoms with Crippen molar-refractivity contribution in [1.82, 2.24) is 9.80 Å². The standard InChI is InChI=1S/C22H28N4OS.C6H4/c1-25(14-11-17-7-3-2-4-8-17)18-12-15-26(16-13-18)21(27)19-9-5-6-10-20(19)24-22(23)28;1-2-6-4-3-5(1)6/h2-10,18H,11-16H2,1H3,(H3,23,24,28);1-4H. The fourth-order valence-corrected chi connectivity index (χ4v) is 4.50. The van der Waals surface area contributed by atoms with Crippen molar-refractivity contribution in [3.05, 3.63) is 90.0 Å². The van der Waals surface area contributed by atoms with E-state index in [1.165, 1.54) is 16.7 Å². The summed E-state index contributed by atoms with van der Waals surface area (Å²) < 4.78 is 0. The molecule has 0 radical (unpaired) electrons. The van der Waals surface area contributed by atoms with E-state index in [9.17, 15) is 4.79 Å². The van der Waals surface area contributed by atoms with Gasteiger partial charge in [-0.1, -0.05) is 66.7 Å². The molecule has 0 bridgehead atoms. The summed E-state index contributed by atoms with van der Waals surface area (Å²) in [4.78, 5) is 17.3. The van der Waals surface area contributed by atoms with E-state index in [2.05, 4.69) is 71.9 Å². The summed E-state index contributed by atoms with van der Waals surface area (Å²) in [5.41, 5.74) is 11.1. The second-order valence-corrected chi connectivity index (χ2v) is 9.29. The Morgan fingerprint density at radius 3 is 2.12 bits per heavy atom. The second kappa shape index (κ2) is 11.3. The van der Waals surface area contributed by atoms with E-state index < -0.39 is 0 Å². The predicted molar refractivity (Wildman–Crippen MR) is 144 cm³/mol. The number of piperidine rings is 1. The Labute approximate surface area is 207 Å². The predicted octanol–water partition coefficient (Wildman–Crippen LogP) is 4.79. The zero-order valence-electron chi connectivity index (χ0n) is 19.6. The average molecular weight is 473 g/mol. The van der Waals surface area contributed by atoms with E-state index in [0.29, 0.717) is 17.3 Å². The number of nitrogens with zero attached hydrogens (tertiary/aromatic N) is 2. The first-order valence-corrected chi connectivity index (χ1v) is 12.2. The van der Waals surface area contributed by atoms with E-state index in [1.807, 2.05) is 29.2 Å². The maximum Gasteiger partial charge on any atom is 0.255 e. The molecule has 2 aromatic carbocycles. The number of amides is 1. The largest absolute Gasteiger partial charge is 0.376 e. The molecule has 6 heteroatoms. The smallest absolute Gasteiger partial charge is 0.255 e. The molecule has 3 aliphatic rings. The fourth-order valence-electron chi connectivity index (χ4n) is 4.39. The maximum atomic E-state index is 13.0. The van der Waals surface area contributed by atoms with Crippen molar-refractivity contribution in [1.29, 1.82) is 0 Å². The van der Waals surface area contributed by atoms with E-state index in [0.717, 1.165) is 38.9 Å². The molecule has 0 spiro atoms. The van der Waals surface area contributed by atoms with Gasteiger partial charge < -0.3 is 20.9 Å². The molecule has 0 saturated carbocycles. The third-order valence-electron chi connectivity index (χ3n) is 6.60. The summed E-state index contributed by atoms with van der Waals surface area (Å²) in [5, 5.41) is 3.07. The molecule has 0 unspecified atom stereocenters. The molecule has 5 nitrogen and oxygen atoms in total. The summed E-state index contributed by atoms with van der Waals surface area (Å²) >= 11 is 4.92. The minimum Gasteiger partial charge on any atom is -0.376 e. The van der Waals surface area contributed by atoms with Crippen molar-refractivity contribution in [2.45, 2.75) is 25.3 Å². The molecule has 1 heterocycles. The first-order valence-electron chi connectivity index (χ1n) is 11.8. The van der Waals surface area contributed by atoms with Crippen LogP contribution in [0.15, 0.2) is 78.9 Å². The molecule has 176 valence electrons. The topological polar surface area (TPSA) is 61.6 Å². The number of likely N-dealkylation sites (tertiary alicyclic amines) is 1. The third-order valence-corrected chi connectivity index (χ3v) is 6.71. The number of hydrogen-bond donors (Lipinski definition) is 2. The van der Waals surface area contributed by atoms with Gasteiger partial charge >= 0.3 is 0 Å². The SMILES string of the molecule is CN(CCc1ccccc1)C1CCN(C(=O)c2ccccc2NC(N)=S)CC1.c1cc2ccc1-2. The molecule has 1 amide bonds. The highest BCUT2D eigenvalue weighted by molar-refractivity contribution is 7.80. The second-order valence-electron chi connectivity index (χ2n) is 8.85. The van der Waals surface area contributed by atoms with Crippen LogP contribution in [-0.4, -0.2) is 53.5 Å². The highest BCUT2D eigenvalue weighted by Crippen LogP contribution is 2.29. The minimum absolute atomic E-state index is 0.0322. The Morgan fingerprint density at radius 1 is 0.971 bits per heavy atom. The molecule has 1 fully saturated rings. The Balaban J connectivity index is 0.000000388. The van der Waals surface area contributed by atoms with E-state index in [1.54, 1.807) is 0 Å². The Kier molecular flexibility index (Phi) is 7.93. The molecule has 2 aromatic rings. The third kappa shape index (κ3) is 6.01. The Morgan fingerprint density at radius 2 is 1.56 bits per heavy atom. The van der Waals surface area contributed by atoms with Crippen LogP contribution < -0.4 is 11.1 Å². The van der Waals surface area contributed by atoms with Crippen LogP contribution in [0.25, 0.3) is 11.1 Å². The number of hydrogen-bond acceptors (Lipinski definition) is 3. The van der Waals surface area contributed by atoms with Gasteiger partial charge in [0, 0.05) is 25.7 Å². The first-order chi connectivity index (χ1) is 16.5. The van der Waals surface area contributed by atoms with Gasteiger partial charge in [-0.3, -0.25) is 4.79 Å². The quantitative estimate of drug-likeness (QED) is 0.395. The number of nitrogens with one attached hydrogen (secondary N) is 1. The van der Waals surface area contributed by atoms with Gasteiger partial charge in [-0.05, 0) is 67.4 Å². The van der Waals surface area contributed by atoms with Gasteiger partial charge in [-0.25, -0.2) is 0 Å². The molecule has 1 saturated heterocycles. The summed E-state index contributed by atoms with van der Waals surface area (Å²) in [5.74, 6) is 0.0322. The van der Waals surface area contributed by atoms with Crippen LogP contribution in [0.1, 0.15) is 28.8 Å². The minimum atomic E-state index is 0.0322. The lowest BCUT2D eigenvalue weighted by Gasteiger charge is -2.37. The number of likely N-dealkylation sites (N-methyl/N-ethyl adjacent to an activating group) is 1. The van der Waals surface area contributed by atoms with Gasteiger partial charge in [-0.15, -0.1) is 0 Å². The number of benzene rings is 3. The van der Waals surface area contributed by atoms with Crippen molar-refractivity contribution in [2.75, 3.05) is 32.0 Å². The molecular weight excluding hydrogens is 440 g/mol. The summed E-state index contributed by atoms with van der Waals surface area (Å²) in [6.45, 7) is 2.56. The van der Waals surface area contributed by atoms with E-state index >= 15 is 0 Å². The molecule has 0 atom stereocenters. The van der Waals surface area contributed by atoms with Crippen molar-refractivity contribution >= 4 is 28.9 Å². The molecule has 3 N–H and O–H groups in total. The van der Waals surface area contributed by atoms with Crippen LogP contribution in [-0.2, 0) is 6.42 Å². The number of anilines is 1. The fraction of sp³-hybridized carbons (Fsp3) is 0.286. The normalized spacial score (nSPS) is 14.2. The summed E-state index contributed by atoms with van der Waals surface area (Å²) in [6.07, 6.45) is 3.03. The van der Waals surface area contributed by atoms with E-state index in [4.69, 9.17) is 18.0 Å². The average Bonchev–Trinajstić information content (AvgIpc) is 2.85. The summed E-state index contributed by atoms with van der Waals surface area (Å²) in [6, 6.07) is 26.9. The lowest BCUT2D eigenvalue weighted by Crippen LogP contribution is -2.46. The Hall–Kier alpha value is -3.22. The number of rotatable bonds is 6. The van der Waals surface area contributed by atoms with Crippen molar-refractivity contribution in [2.24, 2.45) is 5.73 Å². The highest BCUT2D eigenvalue weighted by Gasteiger charge is 2.26. The van der Waals surface area contributed by atoms with Crippen LogP contribution in [0.3, 0.4) is 0 Å². The van der Waals surface area contributed by atoms with Gasteiger partial charge in [-0.2, -0.15) is 0 Å². The van der Waals surface area contributed by atoms with Crippen LogP contribution in [0.5, 0.6) is 0 Å². The van der Waals surface area contributed by atoms with Crippen LogP contribution in [0.2, 0.25) is 0 Å². The number of nitrogens with two attached hydrogens (primary N) is 1. The number of carbonyl (C=O) groups excluding carboxylic acids is 1. The molecule has 0 aromatic heterocycles. The summed E-state index contributed by atoms with van der Waals surface area (Å²) in [7, 11) is 2.19. The van der Waals surface area contributed by atoms with Crippen molar-refractivity contribution in [3.63, 3.8) is 0 Å². The number of fused-ring (bicyclic) bond motifs is 1. The molecular formula is C28H32N4OS. The molecule has 2 aliphatic carbocycles.